The number of sulfonamides is 1. The van der Waals surface area contributed by atoms with Crippen molar-refractivity contribution >= 4 is 27.3 Å². The first-order valence-corrected chi connectivity index (χ1v) is 10.5. The largest absolute Gasteiger partial charge is 0.492 e. The van der Waals surface area contributed by atoms with E-state index >= 15 is 0 Å². The summed E-state index contributed by atoms with van der Waals surface area (Å²) in [5.41, 5.74) is 1.87. The highest BCUT2D eigenvalue weighted by Crippen LogP contribution is 2.30. The molecule has 0 atom stereocenters. The summed E-state index contributed by atoms with van der Waals surface area (Å²) in [7, 11) is -3.54. The van der Waals surface area contributed by atoms with Crippen LogP contribution in [0.15, 0.2) is 47.4 Å². The summed E-state index contributed by atoms with van der Waals surface area (Å²) < 4.78 is 33.0. The fourth-order valence-corrected chi connectivity index (χ4v) is 4.74. The summed E-state index contributed by atoms with van der Waals surface area (Å²) in [4.78, 5) is 2.41. The Morgan fingerprint density at radius 1 is 1.08 bits per heavy atom. The van der Waals surface area contributed by atoms with Gasteiger partial charge in [-0.25, -0.2) is 8.42 Å². The monoisotopic (exact) mass is 394 g/mol. The SMILES string of the molecule is CCOc1ccccc1N1CCN(S(=O)(=O)c2ccc(C)c(Cl)c2)CC1. The molecule has 1 heterocycles. The van der Waals surface area contributed by atoms with E-state index < -0.39 is 10.0 Å². The zero-order chi connectivity index (χ0) is 18.7. The molecule has 5 nitrogen and oxygen atoms in total. The third kappa shape index (κ3) is 3.82. The molecule has 2 aromatic rings. The van der Waals surface area contributed by atoms with Crippen molar-refractivity contribution in [1.82, 2.24) is 4.31 Å². The number of para-hydroxylation sites is 2. The smallest absolute Gasteiger partial charge is 0.243 e. The van der Waals surface area contributed by atoms with Crippen LogP contribution in [0.25, 0.3) is 0 Å². The van der Waals surface area contributed by atoms with Gasteiger partial charge < -0.3 is 9.64 Å². The van der Waals surface area contributed by atoms with Crippen molar-refractivity contribution < 1.29 is 13.2 Å². The second kappa shape index (κ2) is 7.86. The van der Waals surface area contributed by atoms with Crippen LogP contribution in [0, 0.1) is 6.92 Å². The Bertz CT molecular complexity index is 878. The molecule has 2 aromatic carbocycles. The number of ether oxygens (including phenoxy) is 1. The van der Waals surface area contributed by atoms with Gasteiger partial charge in [-0.1, -0.05) is 29.8 Å². The molecule has 26 heavy (non-hydrogen) atoms. The Labute approximate surface area is 160 Å². The normalized spacial score (nSPS) is 15.9. The van der Waals surface area contributed by atoms with Crippen LogP contribution in [0.4, 0.5) is 5.69 Å². The number of hydrogen-bond donors (Lipinski definition) is 0. The van der Waals surface area contributed by atoms with Gasteiger partial charge in [0.1, 0.15) is 5.75 Å². The highest BCUT2D eigenvalue weighted by Gasteiger charge is 2.29. The molecule has 0 radical (unpaired) electrons. The minimum Gasteiger partial charge on any atom is -0.492 e. The summed E-state index contributed by atoms with van der Waals surface area (Å²) in [6, 6.07) is 12.7. The van der Waals surface area contributed by atoms with Crippen LogP contribution in [-0.2, 0) is 10.0 Å². The number of aryl methyl sites for hydroxylation is 1. The number of hydrogen-bond acceptors (Lipinski definition) is 4. The van der Waals surface area contributed by atoms with Crippen LogP contribution in [0.3, 0.4) is 0 Å². The predicted octanol–water partition coefficient (Wildman–Crippen LogP) is 3.56. The molecular weight excluding hydrogens is 372 g/mol. The summed E-state index contributed by atoms with van der Waals surface area (Å²) in [6.45, 7) is 6.48. The van der Waals surface area contributed by atoms with Gasteiger partial charge in [0.05, 0.1) is 17.2 Å². The van der Waals surface area contributed by atoms with Crippen molar-refractivity contribution in [3.63, 3.8) is 0 Å². The first-order valence-electron chi connectivity index (χ1n) is 8.66. The Kier molecular flexibility index (Phi) is 5.75. The maximum atomic E-state index is 12.9. The van der Waals surface area contributed by atoms with Crippen LogP contribution in [0.2, 0.25) is 5.02 Å². The molecule has 3 rings (SSSR count). The lowest BCUT2D eigenvalue weighted by molar-refractivity contribution is 0.337. The minimum absolute atomic E-state index is 0.247. The molecule has 1 aliphatic rings. The zero-order valence-corrected chi connectivity index (χ0v) is 16.6. The number of piperazine rings is 1. The number of anilines is 1. The highest BCUT2D eigenvalue weighted by atomic mass is 35.5. The fraction of sp³-hybridized carbons (Fsp3) is 0.368. The van der Waals surface area contributed by atoms with Crippen molar-refractivity contribution in [2.45, 2.75) is 18.7 Å². The molecule has 0 bridgehead atoms. The van der Waals surface area contributed by atoms with Crippen molar-refractivity contribution in [2.75, 3.05) is 37.7 Å². The first kappa shape index (κ1) is 19.0. The summed E-state index contributed by atoms with van der Waals surface area (Å²) in [5, 5.41) is 0.468. The summed E-state index contributed by atoms with van der Waals surface area (Å²) in [6.07, 6.45) is 0. The van der Waals surface area contributed by atoms with E-state index in [-0.39, 0.29) is 4.90 Å². The zero-order valence-electron chi connectivity index (χ0n) is 15.0. The number of halogens is 1. The second-order valence-corrected chi connectivity index (χ2v) is 8.55. The topological polar surface area (TPSA) is 49.9 Å². The van der Waals surface area contributed by atoms with E-state index in [1.165, 1.54) is 10.4 Å². The lowest BCUT2D eigenvalue weighted by atomic mass is 10.2. The van der Waals surface area contributed by atoms with Crippen LogP contribution in [0.5, 0.6) is 5.75 Å². The minimum atomic E-state index is -3.54. The number of nitrogens with zero attached hydrogens (tertiary/aromatic N) is 2. The molecule has 0 spiro atoms. The van der Waals surface area contributed by atoms with Crippen LogP contribution in [-0.4, -0.2) is 45.5 Å². The van der Waals surface area contributed by atoms with E-state index in [2.05, 4.69) is 4.90 Å². The Balaban J connectivity index is 1.75. The van der Waals surface area contributed by atoms with Gasteiger partial charge in [-0.05, 0) is 43.7 Å². The van der Waals surface area contributed by atoms with Crippen LogP contribution in [0.1, 0.15) is 12.5 Å². The third-order valence-corrected chi connectivity index (χ3v) is 6.83. The summed E-state index contributed by atoms with van der Waals surface area (Å²) in [5.74, 6) is 0.830. The molecule has 0 saturated carbocycles. The van der Waals surface area contributed by atoms with Crippen molar-refractivity contribution in [3.8, 4) is 5.75 Å². The highest BCUT2D eigenvalue weighted by molar-refractivity contribution is 7.89. The van der Waals surface area contributed by atoms with Crippen molar-refractivity contribution in [1.29, 1.82) is 0 Å². The molecule has 1 saturated heterocycles. The molecule has 0 aliphatic carbocycles. The van der Waals surface area contributed by atoms with Gasteiger partial charge in [0, 0.05) is 31.2 Å². The lowest BCUT2D eigenvalue weighted by Gasteiger charge is -2.36. The van der Waals surface area contributed by atoms with E-state index in [0.717, 1.165) is 17.0 Å². The lowest BCUT2D eigenvalue weighted by Crippen LogP contribution is -2.48. The van der Waals surface area contributed by atoms with Gasteiger partial charge in [-0.2, -0.15) is 4.31 Å². The second-order valence-electron chi connectivity index (χ2n) is 6.20. The fourth-order valence-electron chi connectivity index (χ4n) is 3.05. The van der Waals surface area contributed by atoms with Gasteiger partial charge in [0.2, 0.25) is 10.0 Å². The molecule has 7 heteroatoms. The van der Waals surface area contributed by atoms with Gasteiger partial charge in [0.25, 0.3) is 0 Å². The van der Waals surface area contributed by atoms with Crippen molar-refractivity contribution in [2.24, 2.45) is 0 Å². The van der Waals surface area contributed by atoms with Gasteiger partial charge in [-0.3, -0.25) is 0 Å². The molecule has 1 aliphatic heterocycles. The molecule has 0 aromatic heterocycles. The quantitative estimate of drug-likeness (QED) is 0.778. The molecule has 0 unspecified atom stereocenters. The van der Waals surface area contributed by atoms with Crippen molar-refractivity contribution in [3.05, 3.63) is 53.1 Å². The predicted molar refractivity (Wildman–Crippen MR) is 105 cm³/mol. The van der Waals surface area contributed by atoms with Crippen LogP contribution >= 0.6 is 11.6 Å². The maximum absolute atomic E-state index is 12.9. The third-order valence-electron chi connectivity index (χ3n) is 4.53. The average molecular weight is 395 g/mol. The number of benzene rings is 2. The molecule has 1 fully saturated rings. The Morgan fingerprint density at radius 2 is 1.77 bits per heavy atom. The molecule has 140 valence electrons. The maximum Gasteiger partial charge on any atom is 0.243 e. The van der Waals surface area contributed by atoms with E-state index in [9.17, 15) is 8.42 Å². The van der Waals surface area contributed by atoms with E-state index in [1.54, 1.807) is 12.1 Å². The molecular formula is C19H23ClN2O3S. The summed E-state index contributed by atoms with van der Waals surface area (Å²) >= 11 is 6.10. The van der Waals surface area contributed by atoms with E-state index in [4.69, 9.17) is 16.3 Å². The molecule has 0 amide bonds. The van der Waals surface area contributed by atoms with Gasteiger partial charge in [-0.15, -0.1) is 0 Å². The van der Waals surface area contributed by atoms with Gasteiger partial charge >= 0.3 is 0 Å². The standard InChI is InChI=1S/C19H23ClN2O3S/c1-3-25-19-7-5-4-6-18(19)21-10-12-22(13-11-21)26(23,24)16-9-8-15(2)17(20)14-16/h4-9,14H,3,10-13H2,1-2H3. The van der Waals surface area contributed by atoms with E-state index in [1.807, 2.05) is 38.1 Å². The molecule has 0 N–H and O–H groups in total. The van der Waals surface area contributed by atoms with E-state index in [0.29, 0.717) is 37.8 Å². The number of rotatable bonds is 5. The average Bonchev–Trinajstić information content (AvgIpc) is 2.65. The first-order chi connectivity index (χ1) is 12.4. The Hall–Kier alpha value is -1.76. The van der Waals surface area contributed by atoms with Crippen LogP contribution < -0.4 is 9.64 Å². The Morgan fingerprint density at radius 3 is 2.42 bits per heavy atom. The van der Waals surface area contributed by atoms with Gasteiger partial charge in [0.15, 0.2) is 0 Å².